The number of hydrogen-bond donors (Lipinski definition) is 0. The number of benzene rings is 1. The highest BCUT2D eigenvalue weighted by atomic mass is 15.1. The summed E-state index contributed by atoms with van der Waals surface area (Å²) in [4.78, 5) is 14.7. The van der Waals surface area contributed by atoms with Crippen LogP contribution in [0.2, 0.25) is 0 Å². The molecule has 0 aliphatic heterocycles. The number of rotatable bonds is 9. The van der Waals surface area contributed by atoms with Crippen LogP contribution in [0.25, 0.3) is 0 Å². The lowest BCUT2D eigenvalue weighted by atomic mass is 10.1. The van der Waals surface area contributed by atoms with Crippen LogP contribution in [0.15, 0.2) is 69.4 Å². The third-order valence-corrected chi connectivity index (χ3v) is 3.52. The van der Waals surface area contributed by atoms with Crippen LogP contribution in [-0.4, -0.2) is 39.3 Å². The van der Waals surface area contributed by atoms with Crippen LogP contribution in [0.5, 0.6) is 0 Å². The molecule has 0 atom stereocenters. The second-order valence-corrected chi connectivity index (χ2v) is 5.87. The number of anilines is 1. The highest BCUT2D eigenvalue weighted by Gasteiger charge is 2.06. The maximum absolute atomic E-state index is 4.41. The van der Waals surface area contributed by atoms with Gasteiger partial charge in [0.25, 0.3) is 0 Å². The molecule has 132 valence electrons. The van der Waals surface area contributed by atoms with Gasteiger partial charge >= 0.3 is 0 Å². The van der Waals surface area contributed by atoms with Crippen LogP contribution < -0.4 is 4.90 Å². The minimum Gasteiger partial charge on any atom is -0.370 e. The van der Waals surface area contributed by atoms with E-state index in [-0.39, 0.29) is 0 Å². The van der Waals surface area contributed by atoms with Gasteiger partial charge in [-0.05, 0) is 50.8 Å². The van der Waals surface area contributed by atoms with E-state index in [2.05, 4.69) is 72.3 Å². The molecule has 4 heteroatoms. The van der Waals surface area contributed by atoms with Crippen LogP contribution in [0.3, 0.4) is 0 Å². The molecule has 0 unspecified atom stereocenters. The van der Waals surface area contributed by atoms with Gasteiger partial charge in [0.05, 0.1) is 12.2 Å². The van der Waals surface area contributed by atoms with Gasteiger partial charge in [0.1, 0.15) is 0 Å². The smallest absolute Gasteiger partial charge is 0.0805 e. The molecule has 0 spiro atoms. The number of nitrogens with zero attached hydrogens (tertiary/aromatic N) is 4. The van der Waals surface area contributed by atoms with E-state index < -0.39 is 0 Å². The third kappa shape index (κ3) is 7.57. The molecule has 0 radical (unpaired) electrons. The Morgan fingerprint density at radius 2 is 2.04 bits per heavy atom. The minimum absolute atomic E-state index is 0.454. The molecule has 0 saturated heterocycles. The third-order valence-electron chi connectivity index (χ3n) is 3.52. The fourth-order valence-electron chi connectivity index (χ4n) is 2.27. The van der Waals surface area contributed by atoms with Crippen LogP contribution in [0.4, 0.5) is 5.69 Å². The van der Waals surface area contributed by atoms with Crippen LogP contribution >= 0.6 is 0 Å². The summed E-state index contributed by atoms with van der Waals surface area (Å²) >= 11 is 0. The molecule has 25 heavy (non-hydrogen) atoms. The highest BCUT2D eigenvalue weighted by Crippen LogP contribution is 2.20. The van der Waals surface area contributed by atoms with Crippen LogP contribution in [-0.2, 0) is 0 Å². The maximum atomic E-state index is 4.41. The molecule has 1 rings (SSSR count). The molecule has 4 nitrogen and oxygen atoms in total. The first-order valence-electron chi connectivity index (χ1n) is 8.24. The zero-order valence-corrected chi connectivity index (χ0v) is 15.7. The van der Waals surface area contributed by atoms with Gasteiger partial charge in [0.15, 0.2) is 0 Å². The van der Waals surface area contributed by atoms with Crippen molar-refractivity contribution in [1.82, 2.24) is 0 Å². The predicted octanol–water partition coefficient (Wildman–Crippen LogP) is 4.56. The quantitative estimate of drug-likeness (QED) is 0.610. The fourth-order valence-corrected chi connectivity index (χ4v) is 2.27. The van der Waals surface area contributed by atoms with E-state index in [9.17, 15) is 0 Å². The first-order chi connectivity index (χ1) is 12.0. The SMILES string of the molecule is C=N/C=C(\C=NCC(=C)N=C/C=C\C)CN(C)c1cc(C)ccc1C. The Morgan fingerprint density at radius 1 is 1.28 bits per heavy atom. The Labute approximate surface area is 151 Å². The summed E-state index contributed by atoms with van der Waals surface area (Å²) in [5, 5.41) is 0. The lowest BCUT2D eigenvalue weighted by Gasteiger charge is -2.22. The van der Waals surface area contributed by atoms with E-state index in [0.29, 0.717) is 18.8 Å². The summed E-state index contributed by atoms with van der Waals surface area (Å²) in [5.41, 5.74) is 5.36. The summed E-state index contributed by atoms with van der Waals surface area (Å²) in [7, 11) is 2.06. The first-order valence-corrected chi connectivity index (χ1v) is 8.24. The second-order valence-electron chi connectivity index (χ2n) is 5.87. The second kappa shape index (κ2) is 10.9. The van der Waals surface area contributed by atoms with Gasteiger partial charge < -0.3 is 4.90 Å². The Kier molecular flexibility index (Phi) is 8.86. The molecular weight excluding hydrogens is 308 g/mol. The van der Waals surface area contributed by atoms with Crippen molar-refractivity contribution in [3.8, 4) is 0 Å². The van der Waals surface area contributed by atoms with Crippen molar-refractivity contribution in [3.05, 3.63) is 65.5 Å². The summed E-state index contributed by atoms with van der Waals surface area (Å²) in [5.74, 6) is 0. The van der Waals surface area contributed by atoms with E-state index in [4.69, 9.17) is 0 Å². The molecule has 0 N–H and O–H groups in total. The lowest BCUT2D eigenvalue weighted by Crippen LogP contribution is -2.21. The van der Waals surface area contributed by atoms with Crippen LogP contribution in [0, 0.1) is 13.8 Å². The Hall–Kier alpha value is -2.75. The van der Waals surface area contributed by atoms with Crippen molar-refractivity contribution < 1.29 is 0 Å². The van der Waals surface area contributed by atoms with E-state index in [0.717, 1.165) is 5.57 Å². The van der Waals surface area contributed by atoms with Crippen molar-refractivity contribution in [2.45, 2.75) is 20.8 Å². The largest absolute Gasteiger partial charge is 0.370 e. The Bertz CT molecular complexity index is 709. The summed E-state index contributed by atoms with van der Waals surface area (Å²) in [6.45, 7) is 14.7. The molecule has 0 fully saturated rings. The molecule has 0 amide bonds. The fraction of sp³-hybridized carbons (Fsp3) is 0.286. The van der Waals surface area contributed by atoms with Gasteiger partial charge in [0, 0.05) is 43.5 Å². The topological polar surface area (TPSA) is 40.3 Å². The highest BCUT2D eigenvalue weighted by molar-refractivity contribution is 5.80. The Balaban J connectivity index is 2.75. The standard InChI is InChI=1S/C21H28N4/c1-7-8-11-24-19(4)13-23-15-20(14-22-5)16-25(6)21-12-17(2)9-10-18(21)3/h7-12,14-15H,4-5,13,16H2,1-3,6H3/b8-7-,20-14+,23-15?,24-11?. The van der Waals surface area contributed by atoms with E-state index in [1.165, 1.54) is 16.8 Å². The average Bonchev–Trinajstić information content (AvgIpc) is 2.57. The summed E-state index contributed by atoms with van der Waals surface area (Å²) < 4.78 is 0. The number of aliphatic imine (C=N–C) groups is 3. The summed E-state index contributed by atoms with van der Waals surface area (Å²) in [6.07, 6.45) is 9.04. The first kappa shape index (κ1) is 20.3. The molecular formula is C21H28N4. The summed E-state index contributed by atoms with van der Waals surface area (Å²) in [6, 6.07) is 6.44. The molecule has 0 aliphatic carbocycles. The van der Waals surface area contributed by atoms with E-state index in [1.807, 2.05) is 25.3 Å². The van der Waals surface area contributed by atoms with Crippen molar-refractivity contribution >= 4 is 24.8 Å². The molecule has 1 aromatic rings. The van der Waals surface area contributed by atoms with Crippen molar-refractivity contribution in [2.24, 2.45) is 15.0 Å². The van der Waals surface area contributed by atoms with Gasteiger partial charge in [-0.2, -0.15) is 0 Å². The monoisotopic (exact) mass is 336 g/mol. The zero-order chi connectivity index (χ0) is 18.7. The van der Waals surface area contributed by atoms with Gasteiger partial charge in [-0.3, -0.25) is 15.0 Å². The molecule has 0 bridgehead atoms. The zero-order valence-electron chi connectivity index (χ0n) is 15.7. The normalized spacial score (nSPS) is 12.4. The molecule has 0 saturated carbocycles. The van der Waals surface area contributed by atoms with Crippen molar-refractivity contribution in [1.29, 1.82) is 0 Å². The van der Waals surface area contributed by atoms with Crippen molar-refractivity contribution in [3.63, 3.8) is 0 Å². The maximum Gasteiger partial charge on any atom is 0.0805 e. The lowest BCUT2D eigenvalue weighted by molar-refractivity contribution is 0.996. The average molecular weight is 336 g/mol. The predicted molar refractivity (Wildman–Crippen MR) is 113 cm³/mol. The molecule has 0 aromatic heterocycles. The Morgan fingerprint density at radius 3 is 2.72 bits per heavy atom. The van der Waals surface area contributed by atoms with Crippen LogP contribution in [0.1, 0.15) is 18.1 Å². The minimum atomic E-state index is 0.454. The number of allylic oxidation sites excluding steroid dienone is 2. The molecule has 0 aliphatic rings. The molecule has 1 aromatic carbocycles. The number of likely N-dealkylation sites (N-methyl/N-ethyl adjacent to an activating group) is 1. The van der Waals surface area contributed by atoms with E-state index >= 15 is 0 Å². The molecule has 0 heterocycles. The van der Waals surface area contributed by atoms with Gasteiger partial charge in [-0.15, -0.1) is 0 Å². The van der Waals surface area contributed by atoms with E-state index in [1.54, 1.807) is 12.4 Å². The van der Waals surface area contributed by atoms with Gasteiger partial charge in [-0.25, -0.2) is 0 Å². The number of hydrogen-bond acceptors (Lipinski definition) is 4. The van der Waals surface area contributed by atoms with Gasteiger partial charge in [-0.1, -0.05) is 24.8 Å². The van der Waals surface area contributed by atoms with Gasteiger partial charge in [0.2, 0.25) is 0 Å². The van der Waals surface area contributed by atoms with Crippen molar-refractivity contribution in [2.75, 3.05) is 25.0 Å². The number of aryl methyl sites for hydroxylation is 2.